The van der Waals surface area contributed by atoms with Crippen LogP contribution in [0.5, 0.6) is 5.75 Å². The van der Waals surface area contributed by atoms with Gasteiger partial charge in [0, 0.05) is 5.69 Å². The van der Waals surface area contributed by atoms with Crippen LogP contribution in [0.2, 0.25) is 0 Å². The van der Waals surface area contributed by atoms with Crippen LogP contribution in [0.15, 0.2) is 24.3 Å². The molecule has 0 saturated carbocycles. The van der Waals surface area contributed by atoms with Crippen LogP contribution in [0, 0.1) is 0 Å². The minimum Gasteiger partial charge on any atom is -0.487 e. The molecule has 0 aliphatic carbocycles. The van der Waals surface area contributed by atoms with Crippen molar-refractivity contribution in [2.45, 2.75) is 13.3 Å². The maximum absolute atomic E-state index is 12.1. The van der Waals surface area contributed by atoms with Crippen LogP contribution in [0.3, 0.4) is 0 Å². The van der Waals surface area contributed by atoms with E-state index in [2.05, 4.69) is 14.9 Å². The summed E-state index contributed by atoms with van der Waals surface area (Å²) in [6.07, 6.45) is 0.672. The molecule has 0 saturated heterocycles. The number of aromatic nitrogens is 2. The summed E-state index contributed by atoms with van der Waals surface area (Å²) in [6.45, 7) is 2.12. The van der Waals surface area contributed by atoms with Crippen molar-refractivity contribution < 1.29 is 9.53 Å². The Balaban J connectivity index is 2.00. The Kier molecular flexibility index (Phi) is 5.18. The molecule has 1 aromatic heterocycles. The summed E-state index contributed by atoms with van der Waals surface area (Å²) >= 11 is 5.82. The van der Waals surface area contributed by atoms with Crippen LogP contribution in [0.4, 0.5) is 5.69 Å². The van der Waals surface area contributed by atoms with Crippen LogP contribution >= 0.6 is 23.8 Å². The molecular weight excluding hydrogens is 308 g/mol. The molecule has 110 valence electrons. The summed E-state index contributed by atoms with van der Waals surface area (Å²) in [5, 5.41) is 6.71. The number of nitrogens with zero attached hydrogens (tertiary/aromatic N) is 2. The number of nitrogens with two attached hydrogens (primary N) is 1. The second-order valence-electron chi connectivity index (χ2n) is 4.14. The number of nitrogens with one attached hydrogen (secondary N) is 1. The van der Waals surface area contributed by atoms with Crippen molar-refractivity contribution in [3.63, 3.8) is 0 Å². The Hall–Kier alpha value is -2.06. The van der Waals surface area contributed by atoms with Gasteiger partial charge in [-0.1, -0.05) is 23.6 Å². The Morgan fingerprint density at radius 1 is 1.43 bits per heavy atom. The highest BCUT2D eigenvalue weighted by Gasteiger charge is 2.14. The molecule has 6 nitrogen and oxygen atoms in total. The van der Waals surface area contributed by atoms with E-state index in [1.807, 2.05) is 6.92 Å². The quantitative estimate of drug-likeness (QED) is 0.791. The van der Waals surface area contributed by atoms with Crippen molar-refractivity contribution in [3.05, 3.63) is 34.8 Å². The molecule has 2 rings (SSSR count). The highest BCUT2D eigenvalue weighted by atomic mass is 32.1. The van der Waals surface area contributed by atoms with E-state index in [1.165, 1.54) is 0 Å². The van der Waals surface area contributed by atoms with Gasteiger partial charge in [0.15, 0.2) is 0 Å². The van der Waals surface area contributed by atoms with E-state index in [1.54, 1.807) is 24.3 Å². The van der Waals surface area contributed by atoms with Crippen molar-refractivity contribution in [2.75, 3.05) is 11.9 Å². The number of benzene rings is 1. The van der Waals surface area contributed by atoms with Crippen LogP contribution in [-0.4, -0.2) is 27.1 Å². The maximum atomic E-state index is 12.1. The molecule has 0 spiro atoms. The van der Waals surface area contributed by atoms with Gasteiger partial charge in [-0.05, 0) is 42.2 Å². The van der Waals surface area contributed by atoms with E-state index in [9.17, 15) is 4.79 Å². The number of anilines is 1. The standard InChI is InChI=1S/C13H14N4O2S2/c1-2-10-12(21-17-16-10)13(18)15-8-3-5-9(6-4-8)19-7-11(14)20/h3-6H,2,7H2,1H3,(H2,14,20)(H,15,18). The van der Waals surface area contributed by atoms with Gasteiger partial charge < -0.3 is 15.8 Å². The lowest BCUT2D eigenvalue weighted by molar-refractivity contribution is 0.102. The molecular formula is C13H14N4O2S2. The van der Waals surface area contributed by atoms with Gasteiger partial charge in [-0.3, -0.25) is 4.79 Å². The van der Waals surface area contributed by atoms with Crippen molar-refractivity contribution >= 4 is 40.3 Å². The van der Waals surface area contributed by atoms with Gasteiger partial charge in [0.25, 0.3) is 5.91 Å². The molecule has 0 aliphatic rings. The number of rotatable bonds is 6. The molecule has 0 bridgehead atoms. The fourth-order valence-corrected chi connectivity index (χ4v) is 2.29. The minimum absolute atomic E-state index is 0.188. The molecule has 0 unspecified atom stereocenters. The van der Waals surface area contributed by atoms with Crippen molar-refractivity contribution in [3.8, 4) is 5.75 Å². The first-order valence-corrected chi connectivity index (χ1v) is 7.42. The molecule has 1 heterocycles. The van der Waals surface area contributed by atoms with Crippen LogP contribution in [0.1, 0.15) is 22.3 Å². The normalized spacial score (nSPS) is 10.1. The predicted molar refractivity (Wildman–Crippen MR) is 86.0 cm³/mol. The molecule has 1 amide bonds. The molecule has 0 atom stereocenters. The Morgan fingerprint density at radius 3 is 2.76 bits per heavy atom. The van der Waals surface area contributed by atoms with Gasteiger partial charge in [0.2, 0.25) is 0 Å². The zero-order valence-corrected chi connectivity index (χ0v) is 13.0. The van der Waals surface area contributed by atoms with Crippen molar-refractivity contribution in [1.82, 2.24) is 9.59 Å². The van der Waals surface area contributed by atoms with E-state index in [0.717, 1.165) is 11.5 Å². The SMILES string of the molecule is CCc1nnsc1C(=O)Nc1ccc(OCC(N)=S)cc1. The van der Waals surface area contributed by atoms with Gasteiger partial charge in [-0.15, -0.1) is 5.10 Å². The van der Waals surface area contributed by atoms with Crippen LogP contribution < -0.4 is 15.8 Å². The molecule has 8 heteroatoms. The smallest absolute Gasteiger partial charge is 0.269 e. The van der Waals surface area contributed by atoms with E-state index in [0.29, 0.717) is 28.4 Å². The highest BCUT2D eigenvalue weighted by molar-refractivity contribution is 7.80. The number of thiocarbonyl (C=S) groups is 1. The third-order valence-electron chi connectivity index (χ3n) is 2.59. The van der Waals surface area contributed by atoms with Gasteiger partial charge in [0.1, 0.15) is 22.2 Å². The lowest BCUT2D eigenvalue weighted by atomic mass is 10.2. The number of carbonyl (C=O) groups is 1. The molecule has 0 radical (unpaired) electrons. The molecule has 0 fully saturated rings. The molecule has 1 aromatic carbocycles. The molecule has 3 N–H and O–H groups in total. The first-order chi connectivity index (χ1) is 10.1. The summed E-state index contributed by atoms with van der Waals surface area (Å²) in [4.78, 5) is 12.9. The van der Waals surface area contributed by atoms with Crippen LogP contribution in [-0.2, 0) is 6.42 Å². The topological polar surface area (TPSA) is 90.1 Å². The largest absolute Gasteiger partial charge is 0.487 e. The Bertz CT molecular complexity index is 640. The number of carbonyl (C=O) groups excluding carboxylic acids is 1. The van der Waals surface area contributed by atoms with E-state index in [-0.39, 0.29) is 17.5 Å². The number of hydrogen-bond donors (Lipinski definition) is 2. The number of hydrogen-bond acceptors (Lipinski definition) is 6. The highest BCUT2D eigenvalue weighted by Crippen LogP contribution is 2.18. The average Bonchev–Trinajstić information content (AvgIpc) is 2.95. The molecule has 2 aromatic rings. The van der Waals surface area contributed by atoms with Gasteiger partial charge >= 0.3 is 0 Å². The van der Waals surface area contributed by atoms with E-state index >= 15 is 0 Å². The van der Waals surface area contributed by atoms with Crippen molar-refractivity contribution in [2.24, 2.45) is 5.73 Å². The summed E-state index contributed by atoms with van der Waals surface area (Å²) in [6, 6.07) is 6.96. The monoisotopic (exact) mass is 322 g/mol. The molecule has 21 heavy (non-hydrogen) atoms. The van der Waals surface area contributed by atoms with Crippen molar-refractivity contribution in [1.29, 1.82) is 0 Å². The van der Waals surface area contributed by atoms with E-state index in [4.69, 9.17) is 22.7 Å². The Morgan fingerprint density at radius 2 is 2.14 bits per heavy atom. The predicted octanol–water partition coefficient (Wildman–Crippen LogP) is 2.02. The minimum atomic E-state index is -0.210. The average molecular weight is 322 g/mol. The zero-order chi connectivity index (χ0) is 15.2. The fraction of sp³-hybridized carbons (Fsp3) is 0.231. The lowest BCUT2D eigenvalue weighted by Gasteiger charge is -2.07. The zero-order valence-electron chi connectivity index (χ0n) is 11.3. The second-order valence-corrected chi connectivity index (χ2v) is 5.41. The van der Waals surface area contributed by atoms with Gasteiger partial charge in [-0.25, -0.2) is 0 Å². The third-order valence-corrected chi connectivity index (χ3v) is 3.47. The lowest BCUT2D eigenvalue weighted by Crippen LogP contribution is -2.17. The summed E-state index contributed by atoms with van der Waals surface area (Å²) < 4.78 is 9.14. The maximum Gasteiger partial charge on any atom is 0.269 e. The number of aryl methyl sites for hydroxylation is 1. The molecule has 0 aliphatic heterocycles. The first kappa shape index (κ1) is 15.3. The summed E-state index contributed by atoms with van der Waals surface area (Å²) in [5.74, 6) is 0.424. The van der Waals surface area contributed by atoms with Gasteiger partial charge in [-0.2, -0.15) is 0 Å². The van der Waals surface area contributed by atoms with E-state index < -0.39 is 0 Å². The Labute approximate surface area is 131 Å². The first-order valence-electron chi connectivity index (χ1n) is 6.24. The number of amides is 1. The van der Waals surface area contributed by atoms with Crippen LogP contribution in [0.25, 0.3) is 0 Å². The summed E-state index contributed by atoms with van der Waals surface area (Å²) in [5.41, 5.74) is 6.72. The summed E-state index contributed by atoms with van der Waals surface area (Å²) in [7, 11) is 0. The number of ether oxygens (including phenoxy) is 1. The third kappa shape index (κ3) is 4.20. The second kappa shape index (κ2) is 7.09. The fourth-order valence-electron chi connectivity index (χ4n) is 1.59. The van der Waals surface area contributed by atoms with Gasteiger partial charge in [0.05, 0.1) is 5.69 Å².